The summed E-state index contributed by atoms with van der Waals surface area (Å²) < 4.78 is 5.42. The number of carbonyl (C=O) groups excluding carboxylic acids is 1. The van der Waals surface area contributed by atoms with E-state index in [1.807, 2.05) is 50.2 Å². The van der Waals surface area contributed by atoms with Gasteiger partial charge in [0.25, 0.3) is 11.5 Å². The van der Waals surface area contributed by atoms with Crippen LogP contribution in [-0.2, 0) is 0 Å². The van der Waals surface area contributed by atoms with Gasteiger partial charge in [-0.05, 0) is 49.1 Å². The van der Waals surface area contributed by atoms with Crippen molar-refractivity contribution in [3.8, 4) is 5.75 Å². The number of aromatic amines is 1. The van der Waals surface area contributed by atoms with Crippen molar-refractivity contribution in [2.45, 2.75) is 19.9 Å². The van der Waals surface area contributed by atoms with Gasteiger partial charge in [-0.3, -0.25) is 9.59 Å². The molecular formula is C20H20N2O3. The van der Waals surface area contributed by atoms with Crippen molar-refractivity contribution in [3.63, 3.8) is 0 Å². The van der Waals surface area contributed by atoms with Crippen LogP contribution < -0.4 is 15.6 Å². The molecule has 1 atom stereocenters. The van der Waals surface area contributed by atoms with Crippen LogP contribution in [0.15, 0.2) is 59.4 Å². The number of carbonyl (C=O) groups is 1. The van der Waals surface area contributed by atoms with E-state index in [2.05, 4.69) is 10.3 Å². The fraction of sp³-hybridized carbons (Fsp3) is 0.200. The number of H-pyrrole nitrogens is 1. The second kappa shape index (κ2) is 7.21. The summed E-state index contributed by atoms with van der Waals surface area (Å²) in [6, 6.07) is 16.3. The average molecular weight is 336 g/mol. The van der Waals surface area contributed by atoms with Crippen molar-refractivity contribution in [3.05, 3.63) is 76.2 Å². The third kappa shape index (κ3) is 3.71. The molecule has 2 N–H and O–H groups in total. The van der Waals surface area contributed by atoms with E-state index in [9.17, 15) is 9.59 Å². The zero-order valence-corrected chi connectivity index (χ0v) is 14.2. The Hall–Kier alpha value is -3.08. The van der Waals surface area contributed by atoms with Crippen LogP contribution >= 0.6 is 0 Å². The van der Waals surface area contributed by atoms with Gasteiger partial charge in [0.15, 0.2) is 0 Å². The molecule has 25 heavy (non-hydrogen) atoms. The molecule has 0 aliphatic heterocycles. The van der Waals surface area contributed by atoms with Gasteiger partial charge in [-0.2, -0.15) is 0 Å². The first-order valence-corrected chi connectivity index (χ1v) is 8.24. The predicted octanol–water partition coefficient (Wildman–Crippen LogP) is 3.42. The summed E-state index contributed by atoms with van der Waals surface area (Å²) in [5.74, 6) is 0.480. The molecular weight excluding hydrogens is 316 g/mol. The first-order chi connectivity index (χ1) is 12.1. The zero-order chi connectivity index (χ0) is 17.8. The number of rotatable bonds is 5. The van der Waals surface area contributed by atoms with Crippen molar-refractivity contribution in [2.75, 3.05) is 6.61 Å². The number of hydrogen-bond donors (Lipinski definition) is 2. The summed E-state index contributed by atoms with van der Waals surface area (Å²) in [6.45, 7) is 4.44. The lowest BCUT2D eigenvalue weighted by Gasteiger charge is -2.15. The van der Waals surface area contributed by atoms with E-state index in [1.165, 1.54) is 0 Å². The van der Waals surface area contributed by atoms with Gasteiger partial charge in [0.1, 0.15) is 11.4 Å². The minimum Gasteiger partial charge on any atom is -0.494 e. The summed E-state index contributed by atoms with van der Waals surface area (Å²) in [5, 5.41) is 4.21. The zero-order valence-electron chi connectivity index (χ0n) is 14.2. The maximum absolute atomic E-state index is 12.5. The molecule has 0 fully saturated rings. The molecule has 5 nitrogen and oxygen atoms in total. The Bertz CT molecular complexity index is 945. The SMILES string of the molecule is CCOc1ccc(C(C)NC(=O)c2cc3ccccc3c(=O)[nH]2)cc1. The quantitative estimate of drug-likeness (QED) is 0.750. The number of fused-ring (bicyclic) bond motifs is 1. The molecule has 1 unspecified atom stereocenters. The van der Waals surface area contributed by atoms with Crippen molar-refractivity contribution in [2.24, 2.45) is 0 Å². The highest BCUT2D eigenvalue weighted by molar-refractivity contribution is 5.96. The number of benzene rings is 2. The fourth-order valence-corrected chi connectivity index (χ4v) is 2.71. The van der Waals surface area contributed by atoms with E-state index in [1.54, 1.807) is 18.2 Å². The lowest BCUT2D eigenvalue weighted by Crippen LogP contribution is -2.29. The molecule has 0 radical (unpaired) electrons. The second-order valence-corrected chi connectivity index (χ2v) is 5.80. The molecule has 3 aromatic rings. The molecule has 0 aliphatic rings. The van der Waals surface area contributed by atoms with Gasteiger partial charge in [-0.1, -0.05) is 30.3 Å². The normalized spacial score (nSPS) is 11.9. The third-order valence-electron chi connectivity index (χ3n) is 4.04. The highest BCUT2D eigenvalue weighted by atomic mass is 16.5. The monoisotopic (exact) mass is 336 g/mol. The van der Waals surface area contributed by atoms with Crippen LogP contribution in [0.5, 0.6) is 5.75 Å². The van der Waals surface area contributed by atoms with E-state index in [0.717, 1.165) is 16.7 Å². The van der Waals surface area contributed by atoms with Crippen LogP contribution in [-0.4, -0.2) is 17.5 Å². The Balaban J connectivity index is 1.78. The van der Waals surface area contributed by atoms with E-state index < -0.39 is 0 Å². The van der Waals surface area contributed by atoms with Gasteiger partial charge in [0, 0.05) is 5.39 Å². The van der Waals surface area contributed by atoms with Crippen molar-refractivity contribution >= 4 is 16.7 Å². The molecule has 1 amide bonds. The van der Waals surface area contributed by atoms with E-state index in [-0.39, 0.29) is 23.2 Å². The summed E-state index contributed by atoms with van der Waals surface area (Å²) >= 11 is 0. The summed E-state index contributed by atoms with van der Waals surface area (Å²) in [4.78, 5) is 27.2. The number of pyridine rings is 1. The molecule has 5 heteroatoms. The number of aromatic nitrogens is 1. The summed E-state index contributed by atoms with van der Waals surface area (Å²) in [5.41, 5.74) is 0.943. The minimum atomic E-state index is -0.316. The van der Waals surface area contributed by atoms with E-state index >= 15 is 0 Å². The van der Waals surface area contributed by atoms with Gasteiger partial charge in [-0.25, -0.2) is 0 Å². The van der Waals surface area contributed by atoms with Crippen LogP contribution in [0.3, 0.4) is 0 Å². The van der Waals surface area contributed by atoms with Crippen LogP contribution in [0.25, 0.3) is 10.8 Å². The average Bonchev–Trinajstić information content (AvgIpc) is 2.62. The molecule has 0 aliphatic carbocycles. The topological polar surface area (TPSA) is 71.2 Å². The first kappa shape index (κ1) is 16.8. The minimum absolute atomic E-state index is 0.196. The van der Waals surface area contributed by atoms with Gasteiger partial charge < -0.3 is 15.0 Å². The largest absolute Gasteiger partial charge is 0.494 e. The van der Waals surface area contributed by atoms with Crippen LogP contribution in [0.2, 0.25) is 0 Å². The molecule has 1 heterocycles. The number of hydrogen-bond acceptors (Lipinski definition) is 3. The van der Waals surface area contributed by atoms with Crippen LogP contribution in [0.4, 0.5) is 0 Å². The Kier molecular flexibility index (Phi) is 4.84. The summed E-state index contributed by atoms with van der Waals surface area (Å²) in [6.07, 6.45) is 0. The number of nitrogens with one attached hydrogen (secondary N) is 2. The Morgan fingerprint density at radius 3 is 2.60 bits per heavy atom. The van der Waals surface area contributed by atoms with Gasteiger partial charge in [0.05, 0.1) is 12.6 Å². The Morgan fingerprint density at radius 1 is 1.16 bits per heavy atom. The van der Waals surface area contributed by atoms with Crippen molar-refractivity contribution in [1.29, 1.82) is 0 Å². The lowest BCUT2D eigenvalue weighted by atomic mass is 10.1. The molecule has 1 aromatic heterocycles. The van der Waals surface area contributed by atoms with Gasteiger partial charge >= 0.3 is 0 Å². The van der Waals surface area contributed by atoms with Crippen LogP contribution in [0, 0.1) is 0 Å². The maximum Gasteiger partial charge on any atom is 0.268 e. The number of ether oxygens (including phenoxy) is 1. The van der Waals surface area contributed by atoms with Gasteiger partial charge in [-0.15, -0.1) is 0 Å². The predicted molar refractivity (Wildman–Crippen MR) is 98.1 cm³/mol. The maximum atomic E-state index is 12.5. The smallest absolute Gasteiger partial charge is 0.268 e. The molecule has 0 spiro atoms. The van der Waals surface area contributed by atoms with Crippen molar-refractivity contribution in [1.82, 2.24) is 10.3 Å². The molecule has 0 saturated heterocycles. The van der Waals surface area contributed by atoms with Crippen LogP contribution in [0.1, 0.15) is 35.9 Å². The van der Waals surface area contributed by atoms with Gasteiger partial charge in [0.2, 0.25) is 0 Å². The lowest BCUT2D eigenvalue weighted by molar-refractivity contribution is 0.0935. The highest BCUT2D eigenvalue weighted by Gasteiger charge is 2.13. The first-order valence-electron chi connectivity index (χ1n) is 8.24. The Labute approximate surface area is 145 Å². The highest BCUT2D eigenvalue weighted by Crippen LogP contribution is 2.18. The fourth-order valence-electron chi connectivity index (χ4n) is 2.71. The molecule has 2 aromatic carbocycles. The Morgan fingerprint density at radius 2 is 1.88 bits per heavy atom. The van der Waals surface area contributed by atoms with E-state index in [4.69, 9.17) is 4.74 Å². The molecule has 3 rings (SSSR count). The molecule has 0 bridgehead atoms. The summed E-state index contributed by atoms with van der Waals surface area (Å²) in [7, 11) is 0. The number of amides is 1. The standard InChI is InChI=1S/C20H20N2O3/c1-3-25-16-10-8-14(9-11-16)13(2)21-20(24)18-12-15-6-4-5-7-17(15)19(23)22-18/h4-13H,3H2,1-2H3,(H,21,24)(H,22,23). The second-order valence-electron chi connectivity index (χ2n) is 5.80. The van der Waals surface area contributed by atoms with E-state index in [0.29, 0.717) is 12.0 Å². The third-order valence-corrected chi connectivity index (χ3v) is 4.04. The molecule has 0 saturated carbocycles. The molecule has 128 valence electrons. The van der Waals surface area contributed by atoms with Crippen molar-refractivity contribution < 1.29 is 9.53 Å².